The fourth-order valence-electron chi connectivity index (χ4n) is 0.733. The van der Waals surface area contributed by atoms with Crippen LogP contribution < -0.4 is 16.2 Å². The maximum Gasteiger partial charge on any atom is 0.511 e. The summed E-state index contributed by atoms with van der Waals surface area (Å²) in [5, 5.41) is 8.26. The molecule has 0 atom stereocenters. The zero-order valence-electron chi connectivity index (χ0n) is 6.15. The molecule has 0 aromatic heterocycles. The molecule has 0 fully saturated rings. The van der Waals surface area contributed by atoms with E-state index in [1.165, 1.54) is 12.1 Å². The second-order valence-corrected chi connectivity index (χ2v) is 2.17. The quantitative estimate of drug-likeness (QED) is 0.329. The summed E-state index contributed by atoms with van der Waals surface area (Å²) in [6.07, 6.45) is -1.41. The van der Waals surface area contributed by atoms with Crippen molar-refractivity contribution in [1.82, 2.24) is 0 Å². The Morgan fingerprint density at radius 3 is 2.67 bits per heavy atom. The molecule has 0 aliphatic carbocycles. The highest BCUT2D eigenvalue weighted by Gasteiger charge is 2.04. The SMILES string of the molecule is Nc1ccc(N)c(OC(=O)O)c1. The summed E-state index contributed by atoms with van der Waals surface area (Å²) in [5.41, 5.74) is 11.4. The average molecular weight is 168 g/mol. The van der Waals surface area contributed by atoms with Gasteiger partial charge in [0.15, 0.2) is 5.75 Å². The van der Waals surface area contributed by atoms with Crippen molar-refractivity contribution in [1.29, 1.82) is 0 Å². The molecule has 0 heterocycles. The molecule has 5 N–H and O–H groups in total. The van der Waals surface area contributed by atoms with Crippen LogP contribution >= 0.6 is 0 Å². The summed E-state index contributed by atoms with van der Waals surface area (Å²) >= 11 is 0. The van der Waals surface area contributed by atoms with Crippen LogP contribution in [-0.2, 0) is 0 Å². The monoisotopic (exact) mass is 168 g/mol. The third kappa shape index (κ3) is 1.79. The van der Waals surface area contributed by atoms with Gasteiger partial charge in [0.05, 0.1) is 5.69 Å². The third-order valence-electron chi connectivity index (χ3n) is 1.23. The fraction of sp³-hybridized carbons (Fsp3) is 0. The molecule has 0 bridgehead atoms. The first-order valence-corrected chi connectivity index (χ1v) is 3.15. The smallest absolute Gasteiger partial charge is 0.449 e. The highest BCUT2D eigenvalue weighted by molar-refractivity contribution is 5.68. The first kappa shape index (κ1) is 8.19. The van der Waals surface area contributed by atoms with E-state index in [2.05, 4.69) is 4.74 Å². The highest BCUT2D eigenvalue weighted by Crippen LogP contribution is 2.23. The number of nitrogen functional groups attached to an aromatic ring is 2. The van der Waals surface area contributed by atoms with E-state index in [0.29, 0.717) is 5.69 Å². The second kappa shape index (κ2) is 3.00. The van der Waals surface area contributed by atoms with E-state index in [9.17, 15) is 4.79 Å². The summed E-state index contributed by atoms with van der Waals surface area (Å²) in [4.78, 5) is 10.1. The Hall–Kier alpha value is -1.91. The van der Waals surface area contributed by atoms with Crippen LogP contribution in [0.4, 0.5) is 16.2 Å². The zero-order chi connectivity index (χ0) is 9.14. The van der Waals surface area contributed by atoms with E-state index in [1.807, 2.05) is 0 Å². The van der Waals surface area contributed by atoms with Gasteiger partial charge in [-0.2, -0.15) is 0 Å². The molecule has 0 aliphatic heterocycles. The molecule has 0 radical (unpaired) electrons. The second-order valence-electron chi connectivity index (χ2n) is 2.17. The number of hydrogen-bond donors (Lipinski definition) is 3. The van der Waals surface area contributed by atoms with Gasteiger partial charge in [-0.05, 0) is 12.1 Å². The number of rotatable bonds is 1. The van der Waals surface area contributed by atoms with Crippen LogP contribution in [0.5, 0.6) is 5.75 Å². The molecule has 0 amide bonds. The van der Waals surface area contributed by atoms with Crippen molar-refractivity contribution < 1.29 is 14.6 Å². The Morgan fingerprint density at radius 1 is 1.42 bits per heavy atom. The molecule has 0 unspecified atom stereocenters. The summed E-state index contributed by atoms with van der Waals surface area (Å²) < 4.78 is 4.34. The molecule has 5 nitrogen and oxygen atoms in total. The van der Waals surface area contributed by atoms with E-state index in [-0.39, 0.29) is 11.4 Å². The summed E-state index contributed by atoms with van der Waals surface area (Å²) in [6, 6.07) is 4.39. The van der Waals surface area contributed by atoms with Crippen LogP contribution in [0.1, 0.15) is 0 Å². The molecule has 12 heavy (non-hydrogen) atoms. The van der Waals surface area contributed by atoms with Crippen LogP contribution in [0.2, 0.25) is 0 Å². The number of ether oxygens (including phenoxy) is 1. The molecule has 0 aliphatic rings. The van der Waals surface area contributed by atoms with Crippen LogP contribution in [0, 0.1) is 0 Å². The van der Waals surface area contributed by atoms with Crippen LogP contribution in [0.15, 0.2) is 18.2 Å². The minimum absolute atomic E-state index is 0.0579. The molecule has 1 aromatic carbocycles. The largest absolute Gasteiger partial charge is 0.511 e. The first-order valence-electron chi connectivity index (χ1n) is 3.15. The summed E-state index contributed by atoms with van der Waals surface area (Å²) in [6.45, 7) is 0. The number of carbonyl (C=O) groups is 1. The Balaban J connectivity index is 2.97. The lowest BCUT2D eigenvalue weighted by Crippen LogP contribution is -2.05. The Kier molecular flexibility index (Phi) is 2.05. The van der Waals surface area contributed by atoms with E-state index < -0.39 is 6.16 Å². The highest BCUT2D eigenvalue weighted by atomic mass is 16.7. The van der Waals surface area contributed by atoms with Gasteiger partial charge in [-0.3, -0.25) is 0 Å². The topological polar surface area (TPSA) is 98.6 Å². The minimum atomic E-state index is -1.41. The van der Waals surface area contributed by atoms with E-state index in [4.69, 9.17) is 16.6 Å². The van der Waals surface area contributed by atoms with Gasteiger partial charge in [0.2, 0.25) is 0 Å². The molecule has 5 heteroatoms. The minimum Gasteiger partial charge on any atom is -0.449 e. The maximum atomic E-state index is 10.1. The Morgan fingerprint density at radius 2 is 2.08 bits per heavy atom. The van der Waals surface area contributed by atoms with Crippen LogP contribution in [0.3, 0.4) is 0 Å². The van der Waals surface area contributed by atoms with Gasteiger partial charge in [0, 0.05) is 11.8 Å². The van der Waals surface area contributed by atoms with Crippen molar-refractivity contribution in [3.05, 3.63) is 18.2 Å². The Labute approximate surface area is 68.5 Å². The van der Waals surface area contributed by atoms with Crippen molar-refractivity contribution in [2.45, 2.75) is 0 Å². The molecule has 0 spiro atoms. The first-order chi connectivity index (χ1) is 5.59. The third-order valence-corrected chi connectivity index (χ3v) is 1.23. The van der Waals surface area contributed by atoms with Crippen molar-refractivity contribution in [3.63, 3.8) is 0 Å². The molecule has 1 rings (SSSR count). The number of nitrogens with two attached hydrogens (primary N) is 2. The van der Waals surface area contributed by atoms with Crippen LogP contribution in [0.25, 0.3) is 0 Å². The lowest BCUT2D eigenvalue weighted by Gasteiger charge is -2.03. The summed E-state index contributed by atoms with van der Waals surface area (Å²) in [5.74, 6) is 0.0579. The van der Waals surface area contributed by atoms with Crippen molar-refractivity contribution in [2.75, 3.05) is 11.5 Å². The average Bonchev–Trinajstić information content (AvgIpc) is 1.96. The normalized spacial score (nSPS) is 9.33. The molecule has 0 saturated carbocycles. The van der Waals surface area contributed by atoms with E-state index in [0.717, 1.165) is 0 Å². The van der Waals surface area contributed by atoms with Gasteiger partial charge in [-0.25, -0.2) is 4.79 Å². The van der Waals surface area contributed by atoms with Crippen molar-refractivity contribution in [2.24, 2.45) is 0 Å². The standard InChI is InChI=1S/C7H8N2O3/c8-4-1-2-5(9)6(3-4)12-7(10)11/h1-3H,8-9H2,(H,10,11). The lowest BCUT2D eigenvalue weighted by molar-refractivity contribution is 0.145. The zero-order valence-corrected chi connectivity index (χ0v) is 6.15. The van der Waals surface area contributed by atoms with E-state index >= 15 is 0 Å². The summed E-state index contributed by atoms with van der Waals surface area (Å²) in [7, 11) is 0. The van der Waals surface area contributed by atoms with Gasteiger partial charge >= 0.3 is 6.16 Å². The van der Waals surface area contributed by atoms with Gasteiger partial charge in [-0.15, -0.1) is 0 Å². The van der Waals surface area contributed by atoms with Gasteiger partial charge < -0.3 is 21.3 Å². The molecular weight excluding hydrogens is 160 g/mol. The lowest BCUT2D eigenvalue weighted by atomic mass is 10.2. The molecule has 64 valence electrons. The molecular formula is C7H8N2O3. The van der Waals surface area contributed by atoms with Crippen LogP contribution in [-0.4, -0.2) is 11.3 Å². The van der Waals surface area contributed by atoms with Gasteiger partial charge in [0.1, 0.15) is 0 Å². The number of anilines is 2. The molecule has 1 aromatic rings. The fourth-order valence-corrected chi connectivity index (χ4v) is 0.733. The van der Waals surface area contributed by atoms with Gasteiger partial charge in [-0.1, -0.05) is 0 Å². The predicted octanol–water partition coefficient (Wildman–Crippen LogP) is 0.908. The maximum absolute atomic E-state index is 10.1. The van der Waals surface area contributed by atoms with E-state index in [1.54, 1.807) is 6.07 Å². The predicted molar refractivity (Wildman–Crippen MR) is 43.9 cm³/mol. The van der Waals surface area contributed by atoms with Crippen molar-refractivity contribution in [3.8, 4) is 5.75 Å². The number of carboxylic acid groups (broad SMARTS) is 1. The Bertz CT molecular complexity index is 312. The van der Waals surface area contributed by atoms with Gasteiger partial charge in [0.25, 0.3) is 0 Å². The molecule has 0 saturated heterocycles. The number of hydrogen-bond acceptors (Lipinski definition) is 4. The number of benzene rings is 1. The van der Waals surface area contributed by atoms with Crippen molar-refractivity contribution >= 4 is 17.5 Å².